The molecule has 5 nitrogen and oxygen atoms in total. The van der Waals surface area contributed by atoms with Crippen molar-refractivity contribution in [3.63, 3.8) is 0 Å². The Labute approximate surface area is 143 Å². The van der Waals surface area contributed by atoms with Crippen LogP contribution in [0, 0.1) is 0 Å². The van der Waals surface area contributed by atoms with Crippen molar-refractivity contribution in [1.29, 1.82) is 0 Å². The maximum absolute atomic E-state index is 10.1. The lowest BCUT2D eigenvalue weighted by atomic mass is 10.1. The summed E-state index contributed by atoms with van der Waals surface area (Å²) in [7, 11) is 2.01. The molecule has 5 heteroatoms. The van der Waals surface area contributed by atoms with Crippen LogP contribution in [-0.4, -0.2) is 51.7 Å². The van der Waals surface area contributed by atoms with Crippen molar-refractivity contribution in [1.82, 2.24) is 21.3 Å². The SMILES string of the molecule is CNCCCCCCNC(C)(C)NCCCCCCNCC=O. The van der Waals surface area contributed by atoms with Crippen LogP contribution in [0.5, 0.6) is 0 Å². The molecule has 0 saturated heterocycles. The minimum atomic E-state index is 0.0243. The summed E-state index contributed by atoms with van der Waals surface area (Å²) in [5.41, 5.74) is 0.0243. The minimum absolute atomic E-state index is 0.0243. The Morgan fingerprint density at radius 3 is 1.70 bits per heavy atom. The molecule has 0 atom stereocenters. The third-order valence-corrected chi connectivity index (χ3v) is 4.00. The summed E-state index contributed by atoms with van der Waals surface area (Å²) in [5.74, 6) is 0. The van der Waals surface area contributed by atoms with Gasteiger partial charge in [-0.05, 0) is 72.8 Å². The quantitative estimate of drug-likeness (QED) is 0.176. The summed E-state index contributed by atoms with van der Waals surface area (Å²) in [5, 5.41) is 13.5. The molecule has 0 aromatic carbocycles. The van der Waals surface area contributed by atoms with Crippen molar-refractivity contribution in [3.8, 4) is 0 Å². The lowest BCUT2D eigenvalue weighted by Gasteiger charge is -2.28. The van der Waals surface area contributed by atoms with Crippen LogP contribution < -0.4 is 21.3 Å². The van der Waals surface area contributed by atoms with E-state index in [4.69, 9.17) is 0 Å². The van der Waals surface area contributed by atoms with Crippen LogP contribution in [0.3, 0.4) is 0 Å². The Kier molecular flexibility index (Phi) is 16.0. The molecule has 0 heterocycles. The average Bonchev–Trinajstić information content (AvgIpc) is 2.52. The van der Waals surface area contributed by atoms with E-state index in [1.54, 1.807) is 0 Å². The van der Waals surface area contributed by atoms with E-state index in [1.807, 2.05) is 7.05 Å². The van der Waals surface area contributed by atoms with Crippen LogP contribution in [0.25, 0.3) is 0 Å². The second-order valence-corrected chi connectivity index (χ2v) is 6.78. The fourth-order valence-corrected chi connectivity index (χ4v) is 2.53. The normalized spacial score (nSPS) is 11.8. The highest BCUT2D eigenvalue weighted by Crippen LogP contribution is 2.03. The Bertz CT molecular complexity index is 259. The Hall–Kier alpha value is -0.490. The Morgan fingerprint density at radius 2 is 1.22 bits per heavy atom. The molecule has 0 aromatic heterocycles. The van der Waals surface area contributed by atoms with E-state index in [1.165, 1.54) is 44.9 Å². The first-order valence-corrected chi connectivity index (χ1v) is 9.41. The number of aldehydes is 1. The zero-order valence-corrected chi connectivity index (χ0v) is 15.7. The average molecular weight is 329 g/mol. The van der Waals surface area contributed by atoms with Gasteiger partial charge in [-0.3, -0.25) is 10.6 Å². The molecule has 0 aromatic rings. The highest BCUT2D eigenvalue weighted by Gasteiger charge is 2.14. The van der Waals surface area contributed by atoms with Gasteiger partial charge in [0.2, 0.25) is 0 Å². The van der Waals surface area contributed by atoms with E-state index in [2.05, 4.69) is 35.1 Å². The van der Waals surface area contributed by atoms with E-state index in [0.717, 1.165) is 38.9 Å². The molecule has 0 saturated carbocycles. The van der Waals surface area contributed by atoms with Crippen LogP contribution >= 0.6 is 0 Å². The summed E-state index contributed by atoms with van der Waals surface area (Å²) < 4.78 is 0. The van der Waals surface area contributed by atoms with Gasteiger partial charge in [-0.25, -0.2) is 0 Å². The molecule has 0 rings (SSSR count). The highest BCUT2D eigenvalue weighted by atomic mass is 16.1. The number of hydrogen-bond donors (Lipinski definition) is 4. The summed E-state index contributed by atoms with van der Waals surface area (Å²) in [6.45, 7) is 9.15. The fraction of sp³-hybridized carbons (Fsp3) is 0.944. The summed E-state index contributed by atoms with van der Waals surface area (Å²) in [6.07, 6.45) is 10.9. The van der Waals surface area contributed by atoms with Gasteiger partial charge in [0.15, 0.2) is 0 Å². The molecule has 0 unspecified atom stereocenters. The van der Waals surface area contributed by atoms with E-state index in [-0.39, 0.29) is 5.66 Å². The van der Waals surface area contributed by atoms with Gasteiger partial charge in [0.25, 0.3) is 0 Å². The molecule has 4 N–H and O–H groups in total. The first-order chi connectivity index (χ1) is 11.1. The molecule has 0 amide bonds. The predicted octanol–water partition coefficient (Wildman–Crippen LogP) is 2.03. The number of hydrogen-bond acceptors (Lipinski definition) is 5. The largest absolute Gasteiger partial charge is 0.320 e. The predicted molar refractivity (Wildman–Crippen MR) is 99.9 cm³/mol. The molecule has 138 valence electrons. The maximum Gasteiger partial charge on any atom is 0.133 e. The standard InChI is InChI=1S/C18H40N4O/c1-18(2,21-14-10-6-4-8-12-19-3)22-15-11-7-5-9-13-20-16-17-23/h17,19-22H,4-16H2,1-3H3. The number of carbonyl (C=O) groups is 1. The van der Waals surface area contributed by atoms with Crippen molar-refractivity contribution < 1.29 is 4.79 Å². The first kappa shape index (κ1) is 22.5. The second-order valence-electron chi connectivity index (χ2n) is 6.78. The molecule has 0 aliphatic rings. The molecule has 0 aliphatic carbocycles. The zero-order valence-electron chi connectivity index (χ0n) is 15.7. The van der Waals surface area contributed by atoms with Crippen molar-refractivity contribution >= 4 is 6.29 Å². The summed E-state index contributed by atoms with van der Waals surface area (Å²) in [4.78, 5) is 10.1. The van der Waals surface area contributed by atoms with Gasteiger partial charge in [0.1, 0.15) is 6.29 Å². The Morgan fingerprint density at radius 1 is 0.739 bits per heavy atom. The van der Waals surface area contributed by atoms with Gasteiger partial charge in [0.05, 0.1) is 12.2 Å². The molecule has 0 spiro atoms. The van der Waals surface area contributed by atoms with Gasteiger partial charge >= 0.3 is 0 Å². The summed E-state index contributed by atoms with van der Waals surface area (Å²) >= 11 is 0. The number of carbonyl (C=O) groups excluding carboxylic acids is 1. The van der Waals surface area contributed by atoms with Gasteiger partial charge in [-0.2, -0.15) is 0 Å². The molecular weight excluding hydrogens is 288 g/mol. The van der Waals surface area contributed by atoms with Gasteiger partial charge in [-0.15, -0.1) is 0 Å². The van der Waals surface area contributed by atoms with E-state index >= 15 is 0 Å². The third kappa shape index (κ3) is 17.7. The van der Waals surface area contributed by atoms with Crippen molar-refractivity contribution in [2.24, 2.45) is 0 Å². The molecule has 23 heavy (non-hydrogen) atoms. The van der Waals surface area contributed by atoms with Gasteiger partial charge in [-0.1, -0.05) is 25.7 Å². The van der Waals surface area contributed by atoms with E-state index < -0.39 is 0 Å². The van der Waals surface area contributed by atoms with Crippen molar-refractivity contribution in [3.05, 3.63) is 0 Å². The zero-order chi connectivity index (χ0) is 17.2. The van der Waals surface area contributed by atoms with E-state index in [0.29, 0.717) is 6.54 Å². The minimum Gasteiger partial charge on any atom is -0.320 e. The fourth-order valence-electron chi connectivity index (χ4n) is 2.53. The summed E-state index contributed by atoms with van der Waals surface area (Å²) in [6, 6.07) is 0. The number of unbranched alkanes of at least 4 members (excludes halogenated alkanes) is 6. The van der Waals surface area contributed by atoms with Crippen molar-refractivity contribution in [2.75, 3.05) is 39.8 Å². The lowest BCUT2D eigenvalue weighted by Crippen LogP contribution is -2.52. The molecule has 0 radical (unpaired) electrons. The molecule has 0 fully saturated rings. The molecule has 0 aliphatic heterocycles. The van der Waals surface area contributed by atoms with Gasteiger partial charge in [0, 0.05) is 0 Å². The smallest absolute Gasteiger partial charge is 0.133 e. The monoisotopic (exact) mass is 328 g/mol. The van der Waals surface area contributed by atoms with Crippen LogP contribution in [-0.2, 0) is 4.79 Å². The maximum atomic E-state index is 10.1. The molecular formula is C18H40N4O. The van der Waals surface area contributed by atoms with Gasteiger partial charge < -0.3 is 15.4 Å². The first-order valence-electron chi connectivity index (χ1n) is 9.41. The topological polar surface area (TPSA) is 65.2 Å². The Balaban J connectivity index is 3.34. The van der Waals surface area contributed by atoms with Crippen LogP contribution in [0.15, 0.2) is 0 Å². The number of nitrogens with one attached hydrogen (secondary N) is 4. The number of rotatable bonds is 18. The van der Waals surface area contributed by atoms with Crippen LogP contribution in [0.4, 0.5) is 0 Å². The third-order valence-electron chi connectivity index (χ3n) is 4.00. The van der Waals surface area contributed by atoms with E-state index in [9.17, 15) is 4.79 Å². The molecule has 0 bridgehead atoms. The second kappa shape index (κ2) is 16.4. The van der Waals surface area contributed by atoms with Crippen LogP contribution in [0.2, 0.25) is 0 Å². The lowest BCUT2D eigenvalue weighted by molar-refractivity contribution is -0.107. The highest BCUT2D eigenvalue weighted by molar-refractivity contribution is 5.51. The van der Waals surface area contributed by atoms with Crippen LogP contribution in [0.1, 0.15) is 65.2 Å². The van der Waals surface area contributed by atoms with Crippen molar-refractivity contribution in [2.45, 2.75) is 70.9 Å².